The molecule has 0 bridgehead atoms. The number of aromatic nitrogens is 2. The lowest BCUT2D eigenvalue weighted by atomic mass is 10.2. The van der Waals surface area contributed by atoms with E-state index in [1.54, 1.807) is 0 Å². The number of aryl methyl sites for hydroxylation is 1. The summed E-state index contributed by atoms with van der Waals surface area (Å²) < 4.78 is 2.75. The van der Waals surface area contributed by atoms with E-state index < -0.39 is 0 Å². The van der Waals surface area contributed by atoms with Gasteiger partial charge >= 0.3 is 0 Å². The predicted octanol–water partition coefficient (Wildman–Crippen LogP) is 4.47. The highest BCUT2D eigenvalue weighted by atomic mass is 32.1. The van der Waals surface area contributed by atoms with Crippen molar-refractivity contribution in [2.24, 2.45) is 7.05 Å². The Morgan fingerprint density at radius 2 is 1.65 bits per heavy atom. The molecule has 0 amide bonds. The van der Waals surface area contributed by atoms with Gasteiger partial charge in [-0.15, -0.1) is 0 Å². The first kappa shape index (κ1) is 12.8. The van der Waals surface area contributed by atoms with Gasteiger partial charge in [0, 0.05) is 7.05 Å². The third-order valence-electron chi connectivity index (χ3n) is 3.24. The molecule has 0 saturated carbocycles. The number of hydrogen-bond acceptors (Lipinski definition) is 2. The van der Waals surface area contributed by atoms with Gasteiger partial charge < -0.3 is 4.57 Å². The van der Waals surface area contributed by atoms with Gasteiger partial charge in [0.2, 0.25) is 0 Å². The maximum atomic E-state index is 5.49. The second-order valence-electron chi connectivity index (χ2n) is 4.59. The average Bonchev–Trinajstić information content (AvgIpc) is 2.50. The lowest BCUT2D eigenvalue weighted by Crippen LogP contribution is -1.99. The summed E-state index contributed by atoms with van der Waals surface area (Å²) in [4.78, 5) is 4.64. The largest absolute Gasteiger partial charge is 0.332 e. The van der Waals surface area contributed by atoms with Gasteiger partial charge in [0.1, 0.15) is 4.64 Å². The molecule has 0 atom stereocenters. The Bertz CT molecular complexity index is 832. The minimum absolute atomic E-state index is 0.746. The van der Waals surface area contributed by atoms with E-state index >= 15 is 0 Å². The van der Waals surface area contributed by atoms with Crippen LogP contribution in [0.5, 0.6) is 0 Å². The van der Waals surface area contributed by atoms with Crippen molar-refractivity contribution in [3.63, 3.8) is 0 Å². The third-order valence-corrected chi connectivity index (χ3v) is 3.72. The molecule has 0 fully saturated rings. The van der Waals surface area contributed by atoms with E-state index in [1.807, 2.05) is 66.2 Å². The summed E-state index contributed by atoms with van der Waals surface area (Å²) in [5.41, 5.74) is 3.97. The summed E-state index contributed by atoms with van der Waals surface area (Å²) in [6.45, 7) is 0. The Kier molecular flexibility index (Phi) is 3.44. The topological polar surface area (TPSA) is 17.8 Å². The first-order valence-electron chi connectivity index (χ1n) is 6.44. The first-order valence-corrected chi connectivity index (χ1v) is 6.85. The van der Waals surface area contributed by atoms with Gasteiger partial charge in [-0.3, -0.25) is 0 Å². The first-order chi connectivity index (χ1) is 9.75. The zero-order valence-electron chi connectivity index (χ0n) is 11.2. The van der Waals surface area contributed by atoms with Crippen molar-refractivity contribution in [1.82, 2.24) is 9.55 Å². The predicted molar refractivity (Wildman–Crippen MR) is 86.9 cm³/mol. The SMILES string of the molecule is Cn1c(=S)c(C=Cc2ccccc2)nc2ccccc21. The smallest absolute Gasteiger partial charge is 0.132 e. The van der Waals surface area contributed by atoms with Crippen LogP contribution in [0, 0.1) is 4.64 Å². The Balaban J connectivity index is 2.11. The summed E-state index contributed by atoms with van der Waals surface area (Å²) in [7, 11) is 1.98. The molecule has 0 aliphatic carbocycles. The van der Waals surface area contributed by atoms with Crippen molar-refractivity contribution in [1.29, 1.82) is 0 Å². The Hall–Kier alpha value is -2.26. The molecule has 0 aliphatic rings. The summed E-state index contributed by atoms with van der Waals surface area (Å²) in [5.74, 6) is 0. The van der Waals surface area contributed by atoms with Gasteiger partial charge in [-0.2, -0.15) is 0 Å². The molecule has 1 heterocycles. The van der Waals surface area contributed by atoms with Crippen LogP contribution in [0.15, 0.2) is 54.6 Å². The molecule has 98 valence electrons. The minimum atomic E-state index is 0.746. The molecule has 0 unspecified atom stereocenters. The lowest BCUT2D eigenvalue weighted by molar-refractivity contribution is 0.917. The van der Waals surface area contributed by atoms with Crippen LogP contribution in [0.1, 0.15) is 11.3 Å². The van der Waals surface area contributed by atoms with Crippen molar-refractivity contribution in [2.45, 2.75) is 0 Å². The van der Waals surface area contributed by atoms with Crippen LogP contribution < -0.4 is 0 Å². The third kappa shape index (κ3) is 2.40. The fourth-order valence-corrected chi connectivity index (χ4v) is 2.36. The second-order valence-corrected chi connectivity index (χ2v) is 4.98. The zero-order valence-corrected chi connectivity index (χ0v) is 12.0. The fraction of sp³-hybridized carbons (Fsp3) is 0.0588. The van der Waals surface area contributed by atoms with Gasteiger partial charge in [-0.05, 0) is 23.8 Å². The van der Waals surface area contributed by atoms with Crippen LogP contribution in [0.2, 0.25) is 0 Å². The van der Waals surface area contributed by atoms with E-state index in [9.17, 15) is 0 Å². The van der Waals surface area contributed by atoms with Crippen molar-refractivity contribution in [3.8, 4) is 0 Å². The molecule has 1 aromatic heterocycles. The maximum Gasteiger partial charge on any atom is 0.132 e. The van der Waals surface area contributed by atoms with Crippen LogP contribution in [0.4, 0.5) is 0 Å². The molecule has 3 heteroatoms. The molecular weight excluding hydrogens is 264 g/mol. The summed E-state index contributed by atoms with van der Waals surface area (Å²) in [6.07, 6.45) is 4.01. The number of fused-ring (bicyclic) bond motifs is 1. The lowest BCUT2D eigenvalue weighted by Gasteiger charge is -2.07. The minimum Gasteiger partial charge on any atom is -0.332 e. The Morgan fingerprint density at radius 1 is 0.950 bits per heavy atom. The standard InChI is InChI=1S/C17H14N2S/c1-19-16-10-6-5-9-14(16)18-15(17(19)20)12-11-13-7-3-2-4-8-13/h2-12H,1H3. The van der Waals surface area contributed by atoms with E-state index in [0.29, 0.717) is 0 Å². The average molecular weight is 278 g/mol. The molecule has 0 aliphatic heterocycles. The molecule has 2 nitrogen and oxygen atoms in total. The highest BCUT2D eigenvalue weighted by Crippen LogP contribution is 2.15. The number of nitrogens with zero attached hydrogens (tertiary/aromatic N) is 2. The molecule has 0 N–H and O–H groups in total. The summed E-state index contributed by atoms with van der Waals surface area (Å²) in [6, 6.07) is 18.2. The fourth-order valence-electron chi connectivity index (χ4n) is 2.15. The van der Waals surface area contributed by atoms with Crippen LogP contribution >= 0.6 is 12.2 Å². The molecule has 0 radical (unpaired) electrons. The van der Waals surface area contributed by atoms with Gasteiger partial charge in [0.05, 0.1) is 16.7 Å². The Morgan fingerprint density at radius 3 is 2.45 bits per heavy atom. The number of para-hydroxylation sites is 2. The van der Waals surface area contributed by atoms with Crippen LogP contribution in [0.3, 0.4) is 0 Å². The van der Waals surface area contributed by atoms with Crippen LogP contribution in [-0.4, -0.2) is 9.55 Å². The van der Waals surface area contributed by atoms with Gasteiger partial charge in [0.15, 0.2) is 0 Å². The van der Waals surface area contributed by atoms with Crippen molar-refractivity contribution in [3.05, 3.63) is 70.5 Å². The number of benzene rings is 2. The van der Waals surface area contributed by atoms with Gasteiger partial charge in [-0.1, -0.05) is 60.8 Å². The molecule has 0 saturated heterocycles. The molecule has 3 rings (SSSR count). The van der Waals surface area contributed by atoms with Crippen molar-refractivity contribution < 1.29 is 0 Å². The molecule has 20 heavy (non-hydrogen) atoms. The van der Waals surface area contributed by atoms with Crippen LogP contribution in [-0.2, 0) is 7.05 Å². The number of rotatable bonds is 2. The number of hydrogen-bond donors (Lipinski definition) is 0. The summed E-state index contributed by atoms with van der Waals surface area (Å²) >= 11 is 5.49. The van der Waals surface area contributed by atoms with Gasteiger partial charge in [0.25, 0.3) is 0 Å². The van der Waals surface area contributed by atoms with Gasteiger partial charge in [-0.25, -0.2) is 4.98 Å². The quantitative estimate of drug-likeness (QED) is 0.643. The van der Waals surface area contributed by atoms with Crippen LogP contribution in [0.25, 0.3) is 23.2 Å². The molecule has 0 spiro atoms. The highest BCUT2D eigenvalue weighted by molar-refractivity contribution is 7.71. The second kappa shape index (κ2) is 5.39. The monoisotopic (exact) mass is 278 g/mol. The van der Waals surface area contributed by atoms with E-state index in [0.717, 1.165) is 26.9 Å². The highest BCUT2D eigenvalue weighted by Gasteiger charge is 2.02. The normalized spacial score (nSPS) is 11.2. The van der Waals surface area contributed by atoms with Crippen molar-refractivity contribution in [2.75, 3.05) is 0 Å². The summed E-state index contributed by atoms with van der Waals surface area (Å²) in [5, 5.41) is 0. The van der Waals surface area contributed by atoms with E-state index in [2.05, 4.69) is 17.1 Å². The van der Waals surface area contributed by atoms with Crippen molar-refractivity contribution >= 4 is 35.4 Å². The molecule has 2 aromatic carbocycles. The van der Waals surface area contributed by atoms with E-state index in [-0.39, 0.29) is 0 Å². The van der Waals surface area contributed by atoms with E-state index in [1.165, 1.54) is 0 Å². The molecule has 3 aromatic rings. The molecular formula is C17H14N2S. The zero-order chi connectivity index (χ0) is 13.9. The maximum absolute atomic E-state index is 5.49. The van der Waals surface area contributed by atoms with E-state index in [4.69, 9.17) is 12.2 Å². The Labute approximate surface area is 123 Å².